The quantitative estimate of drug-likeness (QED) is 0.920. The van der Waals surface area contributed by atoms with Crippen LogP contribution in [0, 0.1) is 11.3 Å². The van der Waals surface area contributed by atoms with Gasteiger partial charge in [-0.15, -0.1) is 0 Å². The van der Waals surface area contributed by atoms with Gasteiger partial charge in [-0.3, -0.25) is 0 Å². The Balaban J connectivity index is 1.88. The molecule has 2 saturated carbocycles. The molecule has 0 saturated heterocycles. The predicted octanol–water partition coefficient (Wildman–Crippen LogP) is 3.71. The van der Waals surface area contributed by atoms with Gasteiger partial charge in [-0.25, -0.2) is 0 Å². The zero-order valence-corrected chi connectivity index (χ0v) is 13.8. The molecule has 0 radical (unpaired) electrons. The maximum absolute atomic E-state index is 9.78. The summed E-state index contributed by atoms with van der Waals surface area (Å²) in [6, 6.07) is 8.37. The van der Waals surface area contributed by atoms with Crippen LogP contribution in [0.25, 0.3) is 0 Å². The first kappa shape index (κ1) is 16.1. The summed E-state index contributed by atoms with van der Waals surface area (Å²) in [5, 5.41) is 19.5. The van der Waals surface area contributed by atoms with Crippen LogP contribution >= 0.6 is 0 Å². The van der Waals surface area contributed by atoms with Gasteiger partial charge in [0.25, 0.3) is 0 Å². The van der Waals surface area contributed by atoms with Crippen LogP contribution in [-0.2, 0) is 5.41 Å². The number of hydrogen-bond acceptors (Lipinski definition) is 4. The summed E-state index contributed by atoms with van der Waals surface area (Å²) in [6.07, 6.45) is 7.33. The minimum atomic E-state index is -0.515. The third kappa shape index (κ3) is 3.30. The van der Waals surface area contributed by atoms with Crippen LogP contribution < -0.4 is 9.47 Å². The number of ether oxygens (including phenoxy) is 2. The van der Waals surface area contributed by atoms with Crippen molar-refractivity contribution in [1.82, 2.24) is 0 Å². The first-order valence-electron chi connectivity index (χ1n) is 8.61. The topological polar surface area (TPSA) is 62.5 Å². The van der Waals surface area contributed by atoms with E-state index in [0.717, 1.165) is 29.9 Å². The summed E-state index contributed by atoms with van der Waals surface area (Å²) >= 11 is 0. The van der Waals surface area contributed by atoms with E-state index in [0.29, 0.717) is 25.7 Å². The van der Waals surface area contributed by atoms with Gasteiger partial charge in [0.1, 0.15) is 0 Å². The van der Waals surface area contributed by atoms with E-state index in [-0.39, 0.29) is 12.2 Å². The van der Waals surface area contributed by atoms with Crippen molar-refractivity contribution < 1.29 is 14.6 Å². The standard InChI is InChI=1S/C19H25NO3/c1-22-17-7-6-14(12-18(17)23-16-4-2-3-5-16)19(13-20)10-8-15(21)9-11-19/h6-7,12,15-16,21H,2-5,8-11H2,1H3/t15-,19-. The number of nitriles is 1. The Bertz CT molecular complexity index is 579. The Morgan fingerprint density at radius 3 is 2.43 bits per heavy atom. The molecule has 2 aliphatic carbocycles. The maximum atomic E-state index is 9.78. The van der Waals surface area contributed by atoms with E-state index in [1.54, 1.807) is 7.11 Å². The normalized spacial score (nSPS) is 28.3. The second kappa shape index (κ2) is 6.80. The van der Waals surface area contributed by atoms with E-state index < -0.39 is 5.41 Å². The molecule has 1 aromatic rings. The lowest BCUT2D eigenvalue weighted by Crippen LogP contribution is -2.32. The molecular weight excluding hydrogens is 290 g/mol. The van der Waals surface area contributed by atoms with Crippen LogP contribution in [0.15, 0.2) is 18.2 Å². The molecule has 1 aromatic carbocycles. The number of hydrogen-bond donors (Lipinski definition) is 1. The fraction of sp³-hybridized carbons (Fsp3) is 0.632. The van der Waals surface area contributed by atoms with Crippen LogP contribution in [0.2, 0.25) is 0 Å². The molecule has 4 heteroatoms. The zero-order valence-electron chi connectivity index (χ0n) is 13.8. The van der Waals surface area contributed by atoms with E-state index >= 15 is 0 Å². The number of aliphatic hydroxyl groups is 1. The average molecular weight is 315 g/mol. The number of nitrogens with zero attached hydrogens (tertiary/aromatic N) is 1. The fourth-order valence-electron chi connectivity index (χ4n) is 3.81. The van der Waals surface area contributed by atoms with Gasteiger partial charge in [-0.2, -0.15) is 5.26 Å². The number of aliphatic hydroxyl groups excluding tert-OH is 1. The Morgan fingerprint density at radius 2 is 1.83 bits per heavy atom. The molecule has 124 valence electrons. The molecule has 23 heavy (non-hydrogen) atoms. The van der Waals surface area contributed by atoms with Gasteiger partial charge < -0.3 is 14.6 Å². The lowest BCUT2D eigenvalue weighted by atomic mass is 9.70. The minimum absolute atomic E-state index is 0.255. The van der Waals surface area contributed by atoms with E-state index in [1.165, 1.54) is 12.8 Å². The lowest BCUT2D eigenvalue weighted by molar-refractivity contribution is 0.109. The summed E-state index contributed by atoms with van der Waals surface area (Å²) in [5.41, 5.74) is 0.472. The largest absolute Gasteiger partial charge is 0.493 e. The van der Waals surface area contributed by atoms with Crippen molar-refractivity contribution in [3.63, 3.8) is 0 Å². The van der Waals surface area contributed by atoms with E-state index in [9.17, 15) is 10.4 Å². The highest BCUT2D eigenvalue weighted by molar-refractivity contribution is 5.47. The fourth-order valence-corrected chi connectivity index (χ4v) is 3.81. The van der Waals surface area contributed by atoms with Crippen LogP contribution in [0.5, 0.6) is 11.5 Å². The third-order valence-electron chi connectivity index (χ3n) is 5.33. The Morgan fingerprint density at radius 1 is 1.13 bits per heavy atom. The smallest absolute Gasteiger partial charge is 0.161 e. The van der Waals surface area contributed by atoms with E-state index in [4.69, 9.17) is 9.47 Å². The van der Waals surface area contributed by atoms with Crippen molar-refractivity contribution in [2.24, 2.45) is 0 Å². The summed E-state index contributed by atoms with van der Waals surface area (Å²) in [5.74, 6) is 1.47. The molecule has 2 aliphatic rings. The number of benzene rings is 1. The van der Waals surface area contributed by atoms with E-state index in [2.05, 4.69) is 6.07 Å². The Labute approximate surface area is 138 Å². The molecule has 0 aromatic heterocycles. The van der Waals surface area contributed by atoms with Crippen molar-refractivity contribution in [3.8, 4) is 17.6 Å². The van der Waals surface area contributed by atoms with Crippen molar-refractivity contribution in [3.05, 3.63) is 23.8 Å². The molecular formula is C19H25NO3. The Kier molecular flexibility index (Phi) is 4.77. The van der Waals surface area contributed by atoms with Gasteiger partial charge >= 0.3 is 0 Å². The lowest BCUT2D eigenvalue weighted by Gasteiger charge is -2.34. The van der Waals surface area contributed by atoms with Gasteiger partial charge in [0.05, 0.1) is 30.8 Å². The van der Waals surface area contributed by atoms with Gasteiger partial charge in [0.15, 0.2) is 11.5 Å². The molecule has 4 nitrogen and oxygen atoms in total. The molecule has 0 spiro atoms. The molecule has 1 N–H and O–H groups in total. The SMILES string of the molecule is COc1ccc([C@]2(C#N)CC[C@@H](O)CC2)cc1OC1CCCC1. The van der Waals surface area contributed by atoms with Crippen LogP contribution in [0.3, 0.4) is 0 Å². The molecule has 0 bridgehead atoms. The maximum Gasteiger partial charge on any atom is 0.161 e. The van der Waals surface area contributed by atoms with Crippen LogP contribution in [0.1, 0.15) is 56.9 Å². The average Bonchev–Trinajstić information content (AvgIpc) is 3.09. The van der Waals surface area contributed by atoms with E-state index in [1.807, 2.05) is 18.2 Å². The highest BCUT2D eigenvalue weighted by Crippen LogP contribution is 2.42. The molecule has 0 heterocycles. The van der Waals surface area contributed by atoms with Gasteiger partial charge in [0, 0.05) is 0 Å². The summed E-state index contributed by atoms with van der Waals surface area (Å²) in [4.78, 5) is 0. The van der Waals surface area contributed by atoms with Gasteiger partial charge in [-0.1, -0.05) is 6.07 Å². The first-order valence-corrected chi connectivity index (χ1v) is 8.61. The zero-order chi connectivity index (χ0) is 16.3. The monoisotopic (exact) mass is 315 g/mol. The number of rotatable bonds is 4. The second-order valence-corrected chi connectivity index (χ2v) is 6.82. The molecule has 0 atom stereocenters. The second-order valence-electron chi connectivity index (χ2n) is 6.82. The van der Waals surface area contributed by atoms with Crippen LogP contribution in [-0.4, -0.2) is 24.4 Å². The predicted molar refractivity (Wildman–Crippen MR) is 87.6 cm³/mol. The molecule has 3 rings (SSSR count). The molecule has 0 aliphatic heterocycles. The van der Waals surface area contributed by atoms with Gasteiger partial charge in [0.2, 0.25) is 0 Å². The highest BCUT2D eigenvalue weighted by Gasteiger charge is 2.37. The van der Waals surface area contributed by atoms with Crippen molar-refractivity contribution in [2.75, 3.05) is 7.11 Å². The van der Waals surface area contributed by atoms with Crippen molar-refractivity contribution in [2.45, 2.75) is 69.0 Å². The summed E-state index contributed by atoms with van der Waals surface area (Å²) < 4.78 is 11.6. The summed E-state index contributed by atoms with van der Waals surface area (Å²) in [7, 11) is 1.65. The van der Waals surface area contributed by atoms with Gasteiger partial charge in [-0.05, 0) is 69.1 Å². The third-order valence-corrected chi connectivity index (χ3v) is 5.33. The summed E-state index contributed by atoms with van der Waals surface area (Å²) in [6.45, 7) is 0. The first-order chi connectivity index (χ1) is 11.2. The molecule has 0 unspecified atom stereocenters. The van der Waals surface area contributed by atoms with Crippen molar-refractivity contribution in [1.29, 1.82) is 5.26 Å². The molecule has 0 amide bonds. The highest BCUT2D eigenvalue weighted by atomic mass is 16.5. The van der Waals surface area contributed by atoms with Crippen LogP contribution in [0.4, 0.5) is 0 Å². The minimum Gasteiger partial charge on any atom is -0.493 e. The van der Waals surface area contributed by atoms with Crippen molar-refractivity contribution >= 4 is 0 Å². The molecule has 2 fully saturated rings. The number of methoxy groups -OCH3 is 1. The Hall–Kier alpha value is -1.73.